The van der Waals surface area contributed by atoms with Gasteiger partial charge in [0.2, 0.25) is 0 Å². The van der Waals surface area contributed by atoms with Crippen molar-refractivity contribution in [3.8, 4) is 0 Å². The molecule has 0 spiro atoms. The van der Waals surface area contributed by atoms with Crippen molar-refractivity contribution < 1.29 is 15.5 Å². The van der Waals surface area contributed by atoms with Gasteiger partial charge in [-0.3, -0.25) is 0 Å². The van der Waals surface area contributed by atoms with Gasteiger partial charge >= 0.3 is 37.7 Å². The van der Waals surface area contributed by atoms with Gasteiger partial charge in [0.05, 0.1) is 6.26 Å². The summed E-state index contributed by atoms with van der Waals surface area (Å²) < 4.78 is 0. The molecule has 0 saturated heterocycles. The molecule has 1 N–H and O–H groups in total. The predicted molar refractivity (Wildman–Crippen MR) is 29.5 cm³/mol. The number of rotatable bonds is 0. The third kappa shape index (κ3) is 96.4. The summed E-state index contributed by atoms with van der Waals surface area (Å²) in [7, 11) is -0.500. The Bertz CT molecular complexity index is 14.9. The summed E-state index contributed by atoms with van der Waals surface area (Å²) in [6.45, 7) is 0. The Labute approximate surface area is 79.1 Å². The summed E-state index contributed by atoms with van der Waals surface area (Å²) in [5.41, 5.74) is 0. The molecule has 7 heavy (non-hydrogen) atoms. The van der Waals surface area contributed by atoms with Gasteiger partial charge in [0, 0.05) is 0 Å². The van der Waals surface area contributed by atoms with Crippen LogP contribution in [0.15, 0.2) is 0 Å². The fourth-order valence-corrected chi connectivity index (χ4v) is 0. The van der Waals surface area contributed by atoms with Crippen molar-refractivity contribution >= 4 is 58.1 Å². The maximum atomic E-state index is 8.25. The Morgan fingerprint density at radius 1 is 1.29 bits per heavy atom. The van der Waals surface area contributed by atoms with E-state index in [-0.39, 0.29) is 43.2 Å². The largest absolute Gasteiger partial charge is 2.00 e. The van der Waals surface area contributed by atoms with E-state index >= 15 is 0 Å². The van der Waals surface area contributed by atoms with E-state index in [1.165, 1.54) is 0 Å². The van der Waals surface area contributed by atoms with E-state index in [4.69, 9.17) is 10.0 Å². The first kappa shape index (κ1) is 23.5. The minimum Gasteiger partial charge on any atom is -0.900 e. The smallest absolute Gasteiger partial charge is 0.900 e. The van der Waals surface area contributed by atoms with Crippen LogP contribution in [-0.4, -0.2) is 57.2 Å². The van der Waals surface area contributed by atoms with Crippen LogP contribution in [0.5, 0.6) is 0 Å². The monoisotopic (exact) mass is 149 g/mol. The fourth-order valence-electron chi connectivity index (χ4n) is 0. The van der Waals surface area contributed by atoms with Crippen molar-refractivity contribution in [1.82, 2.24) is 0 Å². The summed E-state index contributed by atoms with van der Waals surface area (Å²) in [5, 5.41) is 16.5. The molecule has 0 aliphatic carbocycles. The van der Waals surface area contributed by atoms with Crippen molar-refractivity contribution in [3.63, 3.8) is 0 Å². The molecule has 0 aromatic carbocycles. The fraction of sp³-hybridized carbons (Fsp3) is 1.00. The molecule has 0 fully saturated rings. The first-order valence-corrected chi connectivity index (χ1v) is 1.97. The van der Waals surface area contributed by atoms with E-state index in [0.717, 1.165) is 0 Å². The quantitative estimate of drug-likeness (QED) is 0.263. The first-order valence-electron chi connectivity index (χ1n) is 0.971. The van der Waals surface area contributed by atoms with Crippen LogP contribution >= 0.6 is 0 Å². The molecule has 0 amide bonds. The second-order valence-electron chi connectivity index (χ2n) is 0.0962. The zero-order chi connectivity index (χ0) is 4.71. The molecule has 0 atom stereocenters. The van der Waals surface area contributed by atoms with Crippen molar-refractivity contribution in [2.45, 2.75) is 0 Å². The van der Waals surface area contributed by atoms with Crippen molar-refractivity contribution in [1.29, 1.82) is 0 Å². The van der Waals surface area contributed by atoms with Crippen molar-refractivity contribution in [2.24, 2.45) is 0 Å². The van der Waals surface area contributed by atoms with Gasteiger partial charge in [-0.15, -0.1) is 0 Å². The molecule has 0 unspecified atom stereocenters. The topological polar surface area (TPSA) is 76.1 Å². The molecular weight excluding hydrogens is 143 g/mol. The molecule has 0 aromatic heterocycles. The molecule has 0 aliphatic heterocycles. The molecular formula is CH6BCaO3S. The standard InChI is InChI=1S/CH4S.BO2.Ca.H2O/c1-2;2-1-3;;/h2H,1H3;;;1H2/q;-2;+2;. The maximum absolute atomic E-state index is 8.25. The van der Waals surface area contributed by atoms with Crippen LogP contribution in [0.25, 0.3) is 0 Å². The summed E-state index contributed by atoms with van der Waals surface area (Å²) in [5.74, 6) is 0. The molecule has 1 radical (unpaired) electrons. The Morgan fingerprint density at radius 3 is 1.29 bits per heavy atom. The second kappa shape index (κ2) is 49.7. The van der Waals surface area contributed by atoms with Crippen LogP contribution in [0.1, 0.15) is 0 Å². The van der Waals surface area contributed by atoms with Gasteiger partial charge in [0.1, 0.15) is 0 Å². The van der Waals surface area contributed by atoms with Gasteiger partial charge in [-0.2, -0.15) is 0 Å². The zero-order valence-corrected chi connectivity index (χ0v) is 7.26. The normalized spacial score (nSPS) is 2.86. The van der Waals surface area contributed by atoms with E-state index in [1.807, 2.05) is 0 Å². The summed E-state index contributed by atoms with van der Waals surface area (Å²) in [4.78, 5) is 0. The predicted octanol–water partition coefficient (Wildman–Crippen LogP) is -3.69. The zero-order valence-electron chi connectivity index (χ0n) is 4.05. The molecule has 0 rings (SSSR count). The van der Waals surface area contributed by atoms with Gasteiger partial charge in [-0.05, 0) is 12.6 Å². The van der Waals surface area contributed by atoms with Crippen LogP contribution < -0.4 is 10.0 Å². The molecule has 0 saturated carbocycles. The number of hydrogen-bond acceptors (Lipinski definition) is 3. The minimum atomic E-state index is -0.500. The SMILES string of the molecule is C[SH2+].[Ca+2].[O-][B][O-].[OH-]. The van der Waals surface area contributed by atoms with Crippen LogP contribution in [-0.2, 0) is 12.6 Å². The minimum absolute atomic E-state index is 0. The molecule has 0 bridgehead atoms. The molecule has 0 aromatic rings. The van der Waals surface area contributed by atoms with Crippen LogP contribution in [0, 0.1) is 0 Å². The van der Waals surface area contributed by atoms with Gasteiger partial charge in [0.25, 0.3) is 0 Å². The van der Waals surface area contributed by atoms with Gasteiger partial charge in [0.15, 0.2) is 0 Å². The summed E-state index contributed by atoms with van der Waals surface area (Å²) in [6.07, 6.45) is 1.81. The summed E-state index contributed by atoms with van der Waals surface area (Å²) >= 11 is 2.97. The number of hydrogen-bond donors (Lipinski definition) is 0. The van der Waals surface area contributed by atoms with E-state index < -0.39 is 7.69 Å². The first-order chi connectivity index (χ1) is 2.41. The van der Waals surface area contributed by atoms with Crippen molar-refractivity contribution in [3.05, 3.63) is 0 Å². The third-order valence-electron chi connectivity index (χ3n) is 0. The Balaban J connectivity index is -0.0000000105. The average molecular weight is 149 g/mol. The van der Waals surface area contributed by atoms with Crippen LogP contribution in [0.4, 0.5) is 0 Å². The molecule has 0 heterocycles. The second-order valence-corrected chi connectivity index (χ2v) is 0.0962. The van der Waals surface area contributed by atoms with Crippen LogP contribution in [0.2, 0.25) is 0 Å². The molecule has 0 aliphatic rings. The van der Waals surface area contributed by atoms with Crippen LogP contribution in [0.3, 0.4) is 0 Å². The molecule has 6 heteroatoms. The average Bonchev–Trinajstić information content (AvgIpc) is 1.46. The summed E-state index contributed by atoms with van der Waals surface area (Å²) in [6, 6.07) is 0. The van der Waals surface area contributed by atoms with E-state index in [1.54, 1.807) is 6.26 Å². The van der Waals surface area contributed by atoms with Gasteiger partial charge in [-0.1, -0.05) is 0 Å². The van der Waals surface area contributed by atoms with Gasteiger partial charge < -0.3 is 15.5 Å². The van der Waals surface area contributed by atoms with E-state index in [9.17, 15) is 0 Å². The van der Waals surface area contributed by atoms with Gasteiger partial charge in [-0.25, -0.2) is 7.69 Å². The Kier molecular flexibility index (Phi) is 167. The maximum Gasteiger partial charge on any atom is 2.00 e. The molecule has 3 nitrogen and oxygen atoms in total. The third-order valence-corrected chi connectivity index (χ3v) is 0. The Hall–Kier alpha value is 1.55. The molecule has 39 valence electrons. The van der Waals surface area contributed by atoms with E-state index in [2.05, 4.69) is 12.6 Å². The van der Waals surface area contributed by atoms with Crippen molar-refractivity contribution in [2.75, 3.05) is 6.26 Å². The van der Waals surface area contributed by atoms with E-state index in [0.29, 0.717) is 0 Å². The Morgan fingerprint density at radius 2 is 1.29 bits per heavy atom.